The first kappa shape index (κ1) is 11.7. The van der Waals surface area contributed by atoms with Gasteiger partial charge >= 0.3 is 5.97 Å². The number of ether oxygens (including phenoxy) is 1. The van der Waals surface area contributed by atoms with Gasteiger partial charge in [0.1, 0.15) is 0 Å². The number of hydrogen-bond acceptors (Lipinski definition) is 4. The minimum absolute atomic E-state index is 0.121. The number of halogens is 1. The summed E-state index contributed by atoms with van der Waals surface area (Å²) >= 11 is 3.34. The number of anilines is 1. The summed E-state index contributed by atoms with van der Waals surface area (Å²) in [6.45, 7) is 0. The second-order valence-electron chi connectivity index (χ2n) is 3.35. The van der Waals surface area contributed by atoms with Crippen molar-refractivity contribution in [1.29, 1.82) is 0 Å². The molecular weight excluding hydrogens is 286 g/mol. The summed E-state index contributed by atoms with van der Waals surface area (Å²) < 4.78 is 7.09. The van der Waals surface area contributed by atoms with Crippen molar-refractivity contribution in [2.75, 3.05) is 12.8 Å². The largest absolute Gasteiger partial charge is 0.464 e. The summed E-state index contributed by atoms with van der Waals surface area (Å²) in [5.74, 6) is -0.543. The molecule has 1 heterocycles. The highest BCUT2D eigenvalue weighted by Crippen LogP contribution is 2.17. The van der Waals surface area contributed by atoms with Crippen LogP contribution in [0.2, 0.25) is 0 Å². The third kappa shape index (κ3) is 2.31. The minimum atomic E-state index is -0.543. The molecule has 1 aromatic carbocycles. The van der Waals surface area contributed by atoms with Gasteiger partial charge in [0.05, 0.1) is 24.7 Å². The van der Waals surface area contributed by atoms with Gasteiger partial charge in [-0.1, -0.05) is 15.9 Å². The standard InChI is InChI=1S/C11H10BrN3O2/c1-17-11(16)10-9(13)6-15(14-10)8-4-2-7(12)3-5-8/h2-6H,13H2,1H3. The zero-order valence-electron chi connectivity index (χ0n) is 9.05. The number of aromatic nitrogens is 2. The highest BCUT2D eigenvalue weighted by Gasteiger charge is 2.15. The van der Waals surface area contributed by atoms with E-state index in [1.807, 2.05) is 24.3 Å². The molecule has 0 spiro atoms. The lowest BCUT2D eigenvalue weighted by atomic mass is 10.3. The molecule has 0 aliphatic heterocycles. The molecule has 2 aromatic rings. The smallest absolute Gasteiger partial charge is 0.360 e. The molecular formula is C11H10BrN3O2. The Balaban J connectivity index is 2.41. The quantitative estimate of drug-likeness (QED) is 0.861. The van der Waals surface area contributed by atoms with Crippen LogP contribution in [0.5, 0.6) is 0 Å². The summed E-state index contributed by atoms with van der Waals surface area (Å²) in [5, 5.41) is 4.08. The van der Waals surface area contributed by atoms with Crippen LogP contribution < -0.4 is 5.73 Å². The van der Waals surface area contributed by atoms with E-state index in [0.29, 0.717) is 5.69 Å². The molecule has 0 saturated heterocycles. The molecule has 2 N–H and O–H groups in total. The molecule has 0 unspecified atom stereocenters. The highest BCUT2D eigenvalue weighted by atomic mass is 79.9. The Morgan fingerprint density at radius 1 is 1.41 bits per heavy atom. The van der Waals surface area contributed by atoms with Crippen LogP contribution in [-0.2, 0) is 4.74 Å². The molecule has 0 aliphatic carbocycles. The molecule has 0 aliphatic rings. The van der Waals surface area contributed by atoms with Crippen molar-refractivity contribution >= 4 is 27.6 Å². The summed E-state index contributed by atoms with van der Waals surface area (Å²) in [4.78, 5) is 11.3. The normalized spacial score (nSPS) is 10.2. The van der Waals surface area contributed by atoms with Gasteiger partial charge in [0.15, 0.2) is 5.69 Å². The Kier molecular flexibility index (Phi) is 3.14. The van der Waals surface area contributed by atoms with Crippen LogP contribution in [0.15, 0.2) is 34.9 Å². The Bertz CT molecular complexity index is 548. The highest BCUT2D eigenvalue weighted by molar-refractivity contribution is 9.10. The first-order valence-electron chi connectivity index (χ1n) is 4.81. The van der Waals surface area contributed by atoms with E-state index in [1.54, 1.807) is 6.20 Å². The fourth-order valence-electron chi connectivity index (χ4n) is 1.37. The number of methoxy groups -OCH3 is 1. The molecule has 88 valence electrons. The average molecular weight is 296 g/mol. The number of nitrogens with two attached hydrogens (primary N) is 1. The number of esters is 1. The van der Waals surface area contributed by atoms with E-state index in [-0.39, 0.29) is 5.69 Å². The third-order valence-electron chi connectivity index (χ3n) is 2.21. The van der Waals surface area contributed by atoms with Crippen LogP contribution in [0.3, 0.4) is 0 Å². The van der Waals surface area contributed by atoms with Gasteiger partial charge in [0.2, 0.25) is 0 Å². The van der Waals surface area contributed by atoms with E-state index < -0.39 is 5.97 Å². The van der Waals surface area contributed by atoms with Crippen LogP contribution in [0.4, 0.5) is 5.69 Å². The SMILES string of the molecule is COC(=O)c1nn(-c2ccc(Br)cc2)cc1N. The molecule has 0 bridgehead atoms. The molecule has 5 nitrogen and oxygen atoms in total. The molecule has 0 fully saturated rings. The summed E-state index contributed by atoms with van der Waals surface area (Å²) in [7, 11) is 1.29. The maximum Gasteiger partial charge on any atom is 0.360 e. The second-order valence-corrected chi connectivity index (χ2v) is 4.26. The predicted molar refractivity (Wildman–Crippen MR) is 67.0 cm³/mol. The van der Waals surface area contributed by atoms with Gasteiger partial charge in [-0.2, -0.15) is 5.10 Å². The van der Waals surface area contributed by atoms with E-state index in [4.69, 9.17) is 5.73 Å². The summed E-state index contributed by atoms with van der Waals surface area (Å²) in [5.41, 5.74) is 6.92. The predicted octanol–water partition coefficient (Wildman–Crippen LogP) is 2.00. The van der Waals surface area contributed by atoms with Gasteiger partial charge < -0.3 is 10.5 Å². The number of rotatable bonds is 2. The Hall–Kier alpha value is -1.82. The van der Waals surface area contributed by atoms with Crippen molar-refractivity contribution in [2.45, 2.75) is 0 Å². The van der Waals surface area contributed by atoms with Crippen molar-refractivity contribution in [3.8, 4) is 5.69 Å². The number of carbonyl (C=O) groups is 1. The van der Waals surface area contributed by atoms with E-state index in [2.05, 4.69) is 25.8 Å². The van der Waals surface area contributed by atoms with E-state index in [0.717, 1.165) is 10.2 Å². The molecule has 0 amide bonds. The number of nitrogens with zero attached hydrogens (tertiary/aromatic N) is 2. The van der Waals surface area contributed by atoms with Gasteiger partial charge in [0.25, 0.3) is 0 Å². The van der Waals surface area contributed by atoms with Gasteiger partial charge in [-0.3, -0.25) is 0 Å². The molecule has 0 radical (unpaired) electrons. The molecule has 6 heteroatoms. The fraction of sp³-hybridized carbons (Fsp3) is 0.0909. The van der Waals surface area contributed by atoms with Gasteiger partial charge in [-0.15, -0.1) is 0 Å². The molecule has 17 heavy (non-hydrogen) atoms. The van der Waals surface area contributed by atoms with Crippen LogP contribution in [0.1, 0.15) is 10.5 Å². The fourth-order valence-corrected chi connectivity index (χ4v) is 1.63. The Morgan fingerprint density at radius 2 is 2.06 bits per heavy atom. The molecule has 1 aromatic heterocycles. The number of benzene rings is 1. The van der Waals surface area contributed by atoms with Crippen molar-refractivity contribution in [3.05, 3.63) is 40.6 Å². The first-order valence-corrected chi connectivity index (χ1v) is 5.60. The van der Waals surface area contributed by atoms with Crippen LogP contribution in [0.25, 0.3) is 5.69 Å². The van der Waals surface area contributed by atoms with E-state index in [9.17, 15) is 4.79 Å². The minimum Gasteiger partial charge on any atom is -0.464 e. The average Bonchev–Trinajstić information content (AvgIpc) is 2.71. The van der Waals surface area contributed by atoms with Gasteiger partial charge in [-0.05, 0) is 24.3 Å². The first-order chi connectivity index (χ1) is 8.11. The summed E-state index contributed by atoms with van der Waals surface area (Å²) in [6, 6.07) is 7.48. The number of nitrogen functional groups attached to an aromatic ring is 1. The lowest BCUT2D eigenvalue weighted by molar-refractivity contribution is 0.0594. The molecule has 0 saturated carbocycles. The van der Waals surface area contributed by atoms with Crippen molar-refractivity contribution in [3.63, 3.8) is 0 Å². The van der Waals surface area contributed by atoms with Crippen LogP contribution in [-0.4, -0.2) is 22.9 Å². The van der Waals surface area contributed by atoms with Crippen LogP contribution >= 0.6 is 15.9 Å². The third-order valence-corrected chi connectivity index (χ3v) is 2.74. The van der Waals surface area contributed by atoms with Gasteiger partial charge in [0, 0.05) is 4.47 Å². The number of carbonyl (C=O) groups excluding carboxylic acids is 1. The van der Waals surface area contributed by atoms with E-state index >= 15 is 0 Å². The van der Waals surface area contributed by atoms with E-state index in [1.165, 1.54) is 11.8 Å². The Labute approximate surface area is 106 Å². The number of hydrogen-bond donors (Lipinski definition) is 1. The van der Waals surface area contributed by atoms with Crippen molar-refractivity contribution < 1.29 is 9.53 Å². The Morgan fingerprint density at radius 3 is 2.65 bits per heavy atom. The zero-order chi connectivity index (χ0) is 12.4. The maximum absolute atomic E-state index is 11.3. The maximum atomic E-state index is 11.3. The van der Waals surface area contributed by atoms with Crippen LogP contribution in [0, 0.1) is 0 Å². The summed E-state index contributed by atoms with van der Waals surface area (Å²) in [6.07, 6.45) is 1.58. The van der Waals surface area contributed by atoms with Crippen molar-refractivity contribution in [2.24, 2.45) is 0 Å². The molecule has 0 atom stereocenters. The lowest BCUT2D eigenvalue weighted by Crippen LogP contribution is -2.05. The lowest BCUT2D eigenvalue weighted by Gasteiger charge is -2.00. The monoisotopic (exact) mass is 295 g/mol. The molecule has 2 rings (SSSR count). The second kappa shape index (κ2) is 4.58. The van der Waals surface area contributed by atoms with Crippen molar-refractivity contribution in [1.82, 2.24) is 9.78 Å². The topological polar surface area (TPSA) is 70.1 Å². The van der Waals surface area contributed by atoms with Gasteiger partial charge in [-0.25, -0.2) is 9.48 Å². The zero-order valence-corrected chi connectivity index (χ0v) is 10.6.